The molecule has 0 aliphatic heterocycles. The lowest BCUT2D eigenvalue weighted by atomic mass is 9.98. The number of hydrogen-bond acceptors (Lipinski definition) is 2. The third-order valence-corrected chi connectivity index (χ3v) is 4.02. The first-order valence-electron chi connectivity index (χ1n) is 7.26. The first-order valence-corrected chi connectivity index (χ1v) is 7.26. The highest BCUT2D eigenvalue weighted by atomic mass is 16.4. The first-order chi connectivity index (χ1) is 9.99. The predicted molar refractivity (Wildman–Crippen MR) is 80.9 cm³/mol. The average Bonchev–Trinajstić information content (AvgIpc) is 2.84. The SMILES string of the molecule is CC1=C(C(=O)NC(CC(=O)O)c2ccccc2C)CCC1. The summed E-state index contributed by atoms with van der Waals surface area (Å²) in [5.74, 6) is -1.04. The third-order valence-electron chi connectivity index (χ3n) is 4.02. The second-order valence-corrected chi connectivity index (χ2v) is 5.59. The van der Waals surface area contributed by atoms with Crippen molar-refractivity contribution in [1.82, 2.24) is 5.32 Å². The normalized spacial score (nSPS) is 15.9. The number of hydrogen-bond donors (Lipinski definition) is 2. The van der Waals surface area contributed by atoms with Gasteiger partial charge in [0.25, 0.3) is 0 Å². The van der Waals surface area contributed by atoms with E-state index < -0.39 is 12.0 Å². The van der Waals surface area contributed by atoms with Gasteiger partial charge in [-0.2, -0.15) is 0 Å². The molecule has 4 nitrogen and oxygen atoms in total. The molecule has 4 heteroatoms. The topological polar surface area (TPSA) is 66.4 Å². The van der Waals surface area contributed by atoms with Gasteiger partial charge >= 0.3 is 5.97 Å². The fourth-order valence-corrected chi connectivity index (χ4v) is 2.84. The van der Waals surface area contributed by atoms with Crippen molar-refractivity contribution in [1.29, 1.82) is 0 Å². The van der Waals surface area contributed by atoms with E-state index in [1.54, 1.807) is 0 Å². The summed E-state index contributed by atoms with van der Waals surface area (Å²) in [5, 5.41) is 12.0. The van der Waals surface area contributed by atoms with E-state index in [0.717, 1.165) is 41.5 Å². The fraction of sp³-hybridized carbons (Fsp3) is 0.412. The van der Waals surface area contributed by atoms with Gasteiger partial charge in [0, 0.05) is 5.57 Å². The highest BCUT2D eigenvalue weighted by molar-refractivity contribution is 5.95. The van der Waals surface area contributed by atoms with Crippen LogP contribution in [0.2, 0.25) is 0 Å². The Morgan fingerprint density at radius 3 is 2.52 bits per heavy atom. The van der Waals surface area contributed by atoms with Gasteiger partial charge in [0.15, 0.2) is 0 Å². The lowest BCUT2D eigenvalue weighted by Gasteiger charge is -2.20. The smallest absolute Gasteiger partial charge is 0.305 e. The fourth-order valence-electron chi connectivity index (χ4n) is 2.84. The Hall–Kier alpha value is -2.10. The van der Waals surface area contributed by atoms with Gasteiger partial charge in [0.05, 0.1) is 12.5 Å². The van der Waals surface area contributed by atoms with Crippen LogP contribution >= 0.6 is 0 Å². The molecule has 0 aromatic heterocycles. The van der Waals surface area contributed by atoms with Crippen LogP contribution in [0.5, 0.6) is 0 Å². The molecule has 0 spiro atoms. The largest absolute Gasteiger partial charge is 0.481 e. The standard InChI is InChI=1S/C17H21NO3/c1-11-6-3-4-8-13(11)15(10-16(19)20)18-17(21)14-9-5-7-12(14)2/h3-4,6,8,15H,5,7,9-10H2,1-2H3,(H,18,21)(H,19,20). The minimum atomic E-state index is -0.916. The van der Waals surface area contributed by atoms with Gasteiger partial charge in [-0.1, -0.05) is 29.8 Å². The molecule has 0 bridgehead atoms. The number of benzene rings is 1. The van der Waals surface area contributed by atoms with Crippen LogP contribution < -0.4 is 5.32 Å². The van der Waals surface area contributed by atoms with Crippen LogP contribution in [0.1, 0.15) is 49.8 Å². The van der Waals surface area contributed by atoms with Gasteiger partial charge in [-0.3, -0.25) is 9.59 Å². The lowest BCUT2D eigenvalue weighted by molar-refractivity contribution is -0.137. The minimum Gasteiger partial charge on any atom is -0.481 e. The van der Waals surface area contributed by atoms with Crippen molar-refractivity contribution in [3.05, 3.63) is 46.5 Å². The number of nitrogens with one attached hydrogen (secondary N) is 1. The summed E-state index contributed by atoms with van der Waals surface area (Å²) in [7, 11) is 0. The number of allylic oxidation sites excluding steroid dienone is 1. The van der Waals surface area contributed by atoms with Gasteiger partial charge in [-0.05, 0) is 44.2 Å². The van der Waals surface area contributed by atoms with Crippen LogP contribution in [0.25, 0.3) is 0 Å². The lowest BCUT2D eigenvalue weighted by Crippen LogP contribution is -2.31. The maximum atomic E-state index is 12.4. The molecule has 0 heterocycles. The molecule has 1 aliphatic carbocycles. The summed E-state index contributed by atoms with van der Waals surface area (Å²) in [4.78, 5) is 23.5. The number of aliphatic carboxylic acids is 1. The summed E-state index contributed by atoms with van der Waals surface area (Å²) in [6, 6.07) is 7.08. The highest BCUT2D eigenvalue weighted by Gasteiger charge is 2.23. The van der Waals surface area contributed by atoms with E-state index in [2.05, 4.69) is 5.32 Å². The molecule has 2 N–H and O–H groups in total. The van der Waals surface area contributed by atoms with E-state index in [0.29, 0.717) is 0 Å². The van der Waals surface area contributed by atoms with Crippen molar-refractivity contribution in [3.63, 3.8) is 0 Å². The zero-order chi connectivity index (χ0) is 15.4. The van der Waals surface area contributed by atoms with E-state index >= 15 is 0 Å². The number of carboxylic acid groups (broad SMARTS) is 1. The summed E-state index contributed by atoms with van der Waals surface area (Å²) >= 11 is 0. The number of carbonyl (C=O) groups excluding carboxylic acids is 1. The first kappa shape index (κ1) is 15.3. The molecule has 1 atom stereocenters. The van der Waals surface area contributed by atoms with Gasteiger partial charge < -0.3 is 10.4 Å². The van der Waals surface area contributed by atoms with E-state index in [9.17, 15) is 9.59 Å². The summed E-state index contributed by atoms with van der Waals surface area (Å²) < 4.78 is 0. The zero-order valence-corrected chi connectivity index (χ0v) is 12.5. The molecule has 21 heavy (non-hydrogen) atoms. The number of carbonyl (C=O) groups is 2. The average molecular weight is 287 g/mol. The molecule has 2 rings (SSSR count). The van der Waals surface area contributed by atoms with Crippen molar-refractivity contribution in [2.75, 3.05) is 0 Å². The van der Waals surface area contributed by atoms with Crippen LogP contribution in [0.3, 0.4) is 0 Å². The maximum absolute atomic E-state index is 12.4. The molecule has 0 radical (unpaired) electrons. The Morgan fingerprint density at radius 2 is 1.95 bits per heavy atom. The van der Waals surface area contributed by atoms with E-state index in [-0.39, 0.29) is 12.3 Å². The second kappa shape index (κ2) is 6.57. The number of amides is 1. The van der Waals surface area contributed by atoms with Crippen molar-refractivity contribution in [2.45, 2.75) is 45.6 Å². The third kappa shape index (κ3) is 3.72. The van der Waals surface area contributed by atoms with Crippen LogP contribution in [0.15, 0.2) is 35.4 Å². The van der Waals surface area contributed by atoms with Crippen molar-refractivity contribution < 1.29 is 14.7 Å². The zero-order valence-electron chi connectivity index (χ0n) is 12.5. The highest BCUT2D eigenvalue weighted by Crippen LogP contribution is 2.27. The predicted octanol–water partition coefficient (Wildman–Crippen LogP) is 3.13. The van der Waals surface area contributed by atoms with Gasteiger partial charge in [0.2, 0.25) is 5.91 Å². The molecular weight excluding hydrogens is 266 g/mol. The summed E-state index contributed by atoms with van der Waals surface area (Å²) in [6.07, 6.45) is 2.63. The Labute approximate surface area is 124 Å². The molecule has 112 valence electrons. The molecule has 0 saturated heterocycles. The Morgan fingerprint density at radius 1 is 1.24 bits per heavy atom. The number of carboxylic acids is 1. The molecule has 1 aliphatic rings. The monoisotopic (exact) mass is 287 g/mol. The molecule has 1 aromatic carbocycles. The van der Waals surface area contributed by atoms with E-state index in [1.807, 2.05) is 38.1 Å². The Kier molecular flexibility index (Phi) is 4.78. The molecule has 0 fully saturated rings. The van der Waals surface area contributed by atoms with Gasteiger partial charge in [-0.25, -0.2) is 0 Å². The summed E-state index contributed by atoms with van der Waals surface area (Å²) in [5.41, 5.74) is 3.79. The molecular formula is C17H21NO3. The van der Waals surface area contributed by atoms with E-state index in [1.165, 1.54) is 0 Å². The van der Waals surface area contributed by atoms with Gasteiger partial charge in [0.1, 0.15) is 0 Å². The minimum absolute atomic E-state index is 0.108. The van der Waals surface area contributed by atoms with Crippen LogP contribution in [-0.4, -0.2) is 17.0 Å². The number of aryl methyl sites for hydroxylation is 1. The van der Waals surface area contributed by atoms with Crippen molar-refractivity contribution >= 4 is 11.9 Å². The van der Waals surface area contributed by atoms with Crippen LogP contribution in [0.4, 0.5) is 0 Å². The van der Waals surface area contributed by atoms with E-state index in [4.69, 9.17) is 5.11 Å². The van der Waals surface area contributed by atoms with Crippen molar-refractivity contribution in [3.8, 4) is 0 Å². The maximum Gasteiger partial charge on any atom is 0.305 e. The summed E-state index contributed by atoms with van der Waals surface area (Å²) in [6.45, 7) is 3.90. The Bertz CT molecular complexity index is 589. The molecule has 1 amide bonds. The van der Waals surface area contributed by atoms with Crippen molar-refractivity contribution in [2.24, 2.45) is 0 Å². The quantitative estimate of drug-likeness (QED) is 0.874. The molecule has 1 aromatic rings. The van der Waals surface area contributed by atoms with Crippen LogP contribution in [0, 0.1) is 6.92 Å². The van der Waals surface area contributed by atoms with Crippen LogP contribution in [-0.2, 0) is 9.59 Å². The molecule has 0 saturated carbocycles. The second-order valence-electron chi connectivity index (χ2n) is 5.59. The Balaban J connectivity index is 2.21. The van der Waals surface area contributed by atoms with Gasteiger partial charge in [-0.15, -0.1) is 0 Å². The molecule has 1 unspecified atom stereocenters. The number of rotatable bonds is 5.